The Hall–Kier alpha value is -2.92. The average molecular weight is 368 g/mol. The molecule has 0 atom stereocenters. The van der Waals surface area contributed by atoms with Crippen LogP contribution in [0.1, 0.15) is 12.0 Å². The summed E-state index contributed by atoms with van der Waals surface area (Å²) in [4.78, 5) is 12.7. The van der Waals surface area contributed by atoms with Crippen LogP contribution in [0, 0.1) is 0 Å². The molecule has 3 nitrogen and oxygen atoms in total. The standard InChI is InChI=1S/C20H12ClF2N3/c21-17-5-3-13(20(22)23)9-16(17)19-15(2-1-7-25-19)12-4-6-18-14(8-12)10-24-11-26-18/h1-11,20H. The Balaban J connectivity index is 1.91. The van der Waals surface area contributed by atoms with E-state index in [-0.39, 0.29) is 5.56 Å². The summed E-state index contributed by atoms with van der Waals surface area (Å²) in [6.07, 6.45) is 2.27. The lowest BCUT2D eigenvalue weighted by atomic mass is 9.97. The van der Waals surface area contributed by atoms with E-state index in [1.807, 2.05) is 24.3 Å². The Morgan fingerprint density at radius 1 is 0.923 bits per heavy atom. The highest BCUT2D eigenvalue weighted by molar-refractivity contribution is 6.33. The third kappa shape index (κ3) is 3.02. The van der Waals surface area contributed by atoms with Crippen molar-refractivity contribution in [3.63, 3.8) is 0 Å². The molecule has 0 spiro atoms. The minimum absolute atomic E-state index is 0.0899. The Bertz CT molecular complexity index is 1100. The predicted molar refractivity (Wildman–Crippen MR) is 98.2 cm³/mol. The summed E-state index contributed by atoms with van der Waals surface area (Å²) in [6, 6.07) is 13.6. The van der Waals surface area contributed by atoms with Gasteiger partial charge in [-0.2, -0.15) is 0 Å². The van der Waals surface area contributed by atoms with Crippen LogP contribution < -0.4 is 0 Å². The fraction of sp³-hybridized carbons (Fsp3) is 0.0500. The number of halogens is 3. The Morgan fingerprint density at radius 2 is 1.81 bits per heavy atom. The molecule has 0 N–H and O–H groups in total. The van der Waals surface area contributed by atoms with Crippen molar-refractivity contribution in [1.29, 1.82) is 0 Å². The van der Waals surface area contributed by atoms with E-state index >= 15 is 0 Å². The van der Waals surface area contributed by atoms with Gasteiger partial charge in [-0.1, -0.05) is 29.8 Å². The minimum atomic E-state index is -2.57. The zero-order valence-corrected chi connectivity index (χ0v) is 14.2. The molecule has 0 radical (unpaired) electrons. The summed E-state index contributed by atoms with van der Waals surface area (Å²) in [5.41, 5.74) is 3.45. The van der Waals surface area contributed by atoms with E-state index in [0.29, 0.717) is 16.3 Å². The van der Waals surface area contributed by atoms with Gasteiger partial charge < -0.3 is 0 Å². The van der Waals surface area contributed by atoms with Gasteiger partial charge >= 0.3 is 0 Å². The average Bonchev–Trinajstić information content (AvgIpc) is 2.68. The Morgan fingerprint density at radius 3 is 2.65 bits per heavy atom. The highest BCUT2D eigenvalue weighted by atomic mass is 35.5. The number of fused-ring (bicyclic) bond motifs is 1. The topological polar surface area (TPSA) is 38.7 Å². The largest absolute Gasteiger partial charge is 0.263 e. The van der Waals surface area contributed by atoms with E-state index in [4.69, 9.17) is 11.6 Å². The van der Waals surface area contributed by atoms with Crippen molar-refractivity contribution in [2.45, 2.75) is 6.43 Å². The molecule has 0 aliphatic rings. The van der Waals surface area contributed by atoms with Gasteiger partial charge in [0.2, 0.25) is 0 Å². The Labute approximate surface area is 153 Å². The van der Waals surface area contributed by atoms with Gasteiger partial charge in [0.25, 0.3) is 6.43 Å². The van der Waals surface area contributed by atoms with Crippen LogP contribution in [0.3, 0.4) is 0 Å². The predicted octanol–water partition coefficient (Wildman–Crippen LogP) is 5.95. The quantitative estimate of drug-likeness (QED) is 0.449. The summed E-state index contributed by atoms with van der Waals surface area (Å²) in [5.74, 6) is 0. The van der Waals surface area contributed by atoms with Crippen molar-refractivity contribution in [3.05, 3.63) is 77.8 Å². The lowest BCUT2D eigenvalue weighted by Gasteiger charge is -2.12. The van der Waals surface area contributed by atoms with Gasteiger partial charge in [0.15, 0.2) is 0 Å². The Kier molecular flexibility index (Phi) is 4.31. The van der Waals surface area contributed by atoms with E-state index in [1.54, 1.807) is 18.5 Å². The second-order valence-electron chi connectivity index (χ2n) is 5.74. The number of nitrogens with zero attached hydrogens (tertiary/aromatic N) is 3. The van der Waals surface area contributed by atoms with Crippen LogP contribution in [0.2, 0.25) is 5.02 Å². The van der Waals surface area contributed by atoms with Crippen LogP contribution in [0.15, 0.2) is 67.3 Å². The molecule has 6 heteroatoms. The molecule has 2 aromatic heterocycles. The van der Waals surface area contributed by atoms with Gasteiger partial charge in [-0.05, 0) is 35.9 Å². The highest BCUT2D eigenvalue weighted by Gasteiger charge is 2.16. The molecule has 0 bridgehead atoms. The molecule has 2 heterocycles. The molecule has 0 unspecified atom stereocenters. The summed E-state index contributed by atoms with van der Waals surface area (Å²) in [7, 11) is 0. The van der Waals surface area contributed by atoms with E-state index in [2.05, 4.69) is 15.0 Å². The molecule has 128 valence electrons. The lowest BCUT2D eigenvalue weighted by Crippen LogP contribution is -1.93. The maximum absolute atomic E-state index is 13.1. The first-order valence-corrected chi connectivity index (χ1v) is 8.24. The van der Waals surface area contributed by atoms with Gasteiger partial charge in [0.1, 0.15) is 6.33 Å². The molecule has 2 aromatic carbocycles. The summed E-state index contributed by atoms with van der Waals surface area (Å²) in [6.45, 7) is 0. The molecule has 0 fully saturated rings. The summed E-state index contributed by atoms with van der Waals surface area (Å²) in [5, 5.41) is 1.26. The number of aromatic nitrogens is 3. The molecule has 0 saturated carbocycles. The van der Waals surface area contributed by atoms with Crippen LogP contribution in [0.5, 0.6) is 0 Å². The first-order chi connectivity index (χ1) is 12.6. The third-order valence-corrected chi connectivity index (χ3v) is 4.45. The molecular formula is C20H12ClF2N3. The van der Waals surface area contributed by atoms with Gasteiger partial charge in [0, 0.05) is 34.5 Å². The first kappa shape index (κ1) is 16.5. The van der Waals surface area contributed by atoms with E-state index in [1.165, 1.54) is 24.5 Å². The van der Waals surface area contributed by atoms with Crippen molar-refractivity contribution in [2.24, 2.45) is 0 Å². The SMILES string of the molecule is FC(F)c1ccc(Cl)c(-c2ncccc2-c2ccc3ncncc3c2)c1. The number of hydrogen-bond donors (Lipinski definition) is 0. The number of benzene rings is 2. The fourth-order valence-electron chi connectivity index (χ4n) is 2.87. The zero-order chi connectivity index (χ0) is 18.1. The number of rotatable bonds is 3. The molecule has 4 aromatic rings. The van der Waals surface area contributed by atoms with Gasteiger partial charge in [-0.25, -0.2) is 18.7 Å². The molecule has 0 aliphatic carbocycles. The first-order valence-electron chi connectivity index (χ1n) is 7.86. The highest BCUT2D eigenvalue weighted by Crippen LogP contribution is 2.37. The molecule has 0 saturated heterocycles. The van der Waals surface area contributed by atoms with E-state index in [9.17, 15) is 8.78 Å². The van der Waals surface area contributed by atoms with Gasteiger partial charge in [-0.15, -0.1) is 0 Å². The minimum Gasteiger partial charge on any atom is -0.256 e. The maximum atomic E-state index is 13.1. The van der Waals surface area contributed by atoms with Gasteiger partial charge in [-0.3, -0.25) is 4.98 Å². The van der Waals surface area contributed by atoms with Crippen molar-refractivity contribution in [3.8, 4) is 22.4 Å². The molecule has 0 amide bonds. The summed E-state index contributed by atoms with van der Waals surface area (Å²) >= 11 is 6.29. The van der Waals surface area contributed by atoms with Crippen LogP contribution in [-0.4, -0.2) is 15.0 Å². The van der Waals surface area contributed by atoms with Crippen LogP contribution in [-0.2, 0) is 0 Å². The van der Waals surface area contributed by atoms with Gasteiger partial charge in [0.05, 0.1) is 16.2 Å². The normalized spacial score (nSPS) is 11.2. The van der Waals surface area contributed by atoms with E-state index in [0.717, 1.165) is 22.0 Å². The number of pyridine rings is 1. The molecule has 0 aliphatic heterocycles. The second-order valence-corrected chi connectivity index (χ2v) is 6.14. The lowest BCUT2D eigenvalue weighted by molar-refractivity contribution is 0.151. The number of hydrogen-bond acceptors (Lipinski definition) is 3. The van der Waals surface area contributed by atoms with Crippen molar-refractivity contribution < 1.29 is 8.78 Å². The molecule has 4 rings (SSSR count). The van der Waals surface area contributed by atoms with Crippen molar-refractivity contribution in [2.75, 3.05) is 0 Å². The zero-order valence-electron chi connectivity index (χ0n) is 13.4. The molecular weight excluding hydrogens is 356 g/mol. The number of alkyl halides is 2. The third-order valence-electron chi connectivity index (χ3n) is 4.12. The smallest absolute Gasteiger partial charge is 0.256 e. The van der Waals surface area contributed by atoms with Crippen LogP contribution in [0.25, 0.3) is 33.3 Å². The van der Waals surface area contributed by atoms with Crippen molar-refractivity contribution >= 4 is 22.5 Å². The maximum Gasteiger partial charge on any atom is 0.263 e. The van der Waals surface area contributed by atoms with Crippen molar-refractivity contribution in [1.82, 2.24) is 15.0 Å². The van der Waals surface area contributed by atoms with Crippen LogP contribution in [0.4, 0.5) is 8.78 Å². The van der Waals surface area contributed by atoms with E-state index < -0.39 is 6.43 Å². The second kappa shape index (κ2) is 6.77. The van der Waals surface area contributed by atoms with Crippen LogP contribution >= 0.6 is 11.6 Å². The summed E-state index contributed by atoms with van der Waals surface area (Å²) < 4.78 is 26.2. The molecule has 26 heavy (non-hydrogen) atoms. The fourth-order valence-corrected chi connectivity index (χ4v) is 3.07. The monoisotopic (exact) mass is 367 g/mol.